The van der Waals surface area contributed by atoms with Crippen LogP contribution in [0.5, 0.6) is 0 Å². The number of carbonyl (C=O) groups excluding carboxylic acids is 1. The van der Waals surface area contributed by atoms with Gasteiger partial charge in [-0.1, -0.05) is 11.6 Å². The Bertz CT molecular complexity index is 806. The number of hydrogen-bond acceptors (Lipinski definition) is 4. The Morgan fingerprint density at radius 3 is 2.33 bits per heavy atom. The van der Waals surface area contributed by atoms with Crippen molar-refractivity contribution < 1.29 is 4.79 Å². The molecule has 27 heavy (non-hydrogen) atoms. The molecule has 0 saturated heterocycles. The molecule has 0 unspecified atom stereocenters. The largest absolute Gasteiger partial charge is 0.380 e. The topological polar surface area (TPSA) is 54.0 Å². The maximum Gasteiger partial charge on any atom is 0.251 e. The molecule has 4 bridgehead atoms. The number of halogens is 1. The third kappa shape index (κ3) is 3.59. The molecular weight excluding hydrogens is 378 g/mol. The summed E-state index contributed by atoms with van der Waals surface area (Å²) in [6.07, 6.45) is 8.51. The van der Waals surface area contributed by atoms with Gasteiger partial charge in [0.25, 0.3) is 5.91 Å². The third-order valence-corrected chi connectivity index (χ3v) is 7.78. The van der Waals surface area contributed by atoms with E-state index in [1.165, 1.54) is 43.4 Å². The summed E-state index contributed by atoms with van der Waals surface area (Å²) >= 11 is 7.33. The van der Waals surface area contributed by atoms with Crippen LogP contribution in [0.1, 0.15) is 47.3 Å². The lowest BCUT2D eigenvalue weighted by molar-refractivity contribution is -0.0119. The van der Waals surface area contributed by atoms with Gasteiger partial charge in [-0.25, -0.2) is 4.98 Å². The highest BCUT2D eigenvalue weighted by Crippen LogP contribution is 2.53. The molecule has 4 aliphatic carbocycles. The molecule has 4 saturated carbocycles. The van der Waals surface area contributed by atoms with Crippen molar-refractivity contribution in [2.24, 2.45) is 23.7 Å². The number of carbonyl (C=O) groups is 1. The molecule has 1 amide bonds. The first-order chi connectivity index (χ1) is 13.1. The molecule has 6 rings (SSSR count). The van der Waals surface area contributed by atoms with Crippen LogP contribution >= 0.6 is 22.9 Å². The van der Waals surface area contributed by atoms with Gasteiger partial charge in [0.05, 0.1) is 6.54 Å². The molecule has 142 valence electrons. The smallest absolute Gasteiger partial charge is 0.251 e. The number of rotatable bonds is 5. The van der Waals surface area contributed by atoms with E-state index in [0.717, 1.165) is 28.0 Å². The van der Waals surface area contributed by atoms with Gasteiger partial charge in [0.2, 0.25) is 0 Å². The average molecular weight is 402 g/mol. The second kappa shape index (κ2) is 7.10. The Hall–Kier alpha value is -1.59. The van der Waals surface area contributed by atoms with Crippen molar-refractivity contribution >= 4 is 34.5 Å². The van der Waals surface area contributed by atoms with Gasteiger partial charge in [0.1, 0.15) is 0 Å². The number of anilines is 1. The van der Waals surface area contributed by atoms with E-state index >= 15 is 0 Å². The lowest BCUT2D eigenvalue weighted by atomic mass is 9.54. The van der Waals surface area contributed by atoms with Gasteiger partial charge in [-0.3, -0.25) is 4.79 Å². The van der Waals surface area contributed by atoms with Crippen LogP contribution in [-0.2, 0) is 6.54 Å². The molecule has 4 fully saturated rings. The summed E-state index contributed by atoms with van der Waals surface area (Å²) in [7, 11) is 0. The first-order valence-corrected chi connectivity index (χ1v) is 11.1. The van der Waals surface area contributed by atoms with Crippen molar-refractivity contribution in [3.8, 4) is 0 Å². The standard InChI is InChI=1S/C21H24ClN3OS/c22-21-24-11-18(27-21)10-23-17-3-1-14(2-4-17)20(26)25-19-15-6-12-5-13(8-15)9-16(19)7-12/h1-4,11-13,15-16,19,23H,5-10H2,(H,25,26). The minimum atomic E-state index is 0.0771. The molecule has 0 spiro atoms. The van der Waals surface area contributed by atoms with Crippen LogP contribution in [0.25, 0.3) is 0 Å². The predicted molar refractivity (Wildman–Crippen MR) is 109 cm³/mol. The summed E-state index contributed by atoms with van der Waals surface area (Å²) in [4.78, 5) is 17.9. The highest BCUT2D eigenvalue weighted by Gasteiger charge is 2.48. The monoisotopic (exact) mass is 401 g/mol. The maximum atomic E-state index is 12.8. The molecule has 0 atom stereocenters. The highest BCUT2D eigenvalue weighted by atomic mass is 35.5. The zero-order valence-corrected chi connectivity index (χ0v) is 16.7. The molecule has 1 aromatic heterocycles. The van der Waals surface area contributed by atoms with Crippen molar-refractivity contribution in [3.05, 3.63) is 45.4 Å². The van der Waals surface area contributed by atoms with Gasteiger partial charge < -0.3 is 10.6 Å². The first kappa shape index (κ1) is 17.5. The van der Waals surface area contributed by atoms with Crippen molar-refractivity contribution in [2.45, 2.75) is 44.7 Å². The van der Waals surface area contributed by atoms with Crippen LogP contribution < -0.4 is 10.6 Å². The second-order valence-electron chi connectivity index (χ2n) is 8.44. The zero-order valence-electron chi connectivity index (χ0n) is 15.2. The lowest BCUT2D eigenvalue weighted by Gasteiger charge is -2.54. The van der Waals surface area contributed by atoms with Gasteiger partial charge in [0.15, 0.2) is 4.47 Å². The quantitative estimate of drug-likeness (QED) is 0.744. The van der Waals surface area contributed by atoms with Crippen LogP contribution in [-0.4, -0.2) is 16.9 Å². The predicted octanol–water partition coefficient (Wildman–Crippen LogP) is 4.96. The Morgan fingerprint density at radius 1 is 1.07 bits per heavy atom. The minimum Gasteiger partial charge on any atom is -0.380 e. The molecule has 0 radical (unpaired) electrons. The molecule has 4 aliphatic rings. The number of thiazole rings is 1. The number of benzene rings is 1. The summed E-state index contributed by atoms with van der Waals surface area (Å²) in [5.41, 5.74) is 1.74. The van der Waals surface area contributed by atoms with Gasteiger partial charge >= 0.3 is 0 Å². The van der Waals surface area contributed by atoms with E-state index in [2.05, 4.69) is 15.6 Å². The van der Waals surface area contributed by atoms with E-state index in [4.69, 9.17) is 11.6 Å². The van der Waals surface area contributed by atoms with E-state index < -0.39 is 0 Å². The van der Waals surface area contributed by atoms with Crippen LogP contribution in [0.3, 0.4) is 0 Å². The number of amides is 1. The SMILES string of the molecule is O=C(NC1C2CC3CC(C2)CC1C3)c1ccc(NCc2cnc(Cl)s2)cc1. The highest BCUT2D eigenvalue weighted by molar-refractivity contribution is 7.15. The zero-order chi connectivity index (χ0) is 18.4. The van der Waals surface area contributed by atoms with Gasteiger partial charge in [0, 0.05) is 28.4 Å². The molecule has 0 aliphatic heterocycles. The maximum absolute atomic E-state index is 12.8. The number of aromatic nitrogens is 1. The Labute approximate surface area is 168 Å². The fraction of sp³-hybridized carbons (Fsp3) is 0.524. The second-order valence-corrected chi connectivity index (χ2v) is 10.1. The lowest BCUT2D eigenvalue weighted by Crippen LogP contribution is -2.55. The fourth-order valence-corrected chi connectivity index (χ4v) is 6.61. The van der Waals surface area contributed by atoms with E-state index in [9.17, 15) is 4.79 Å². The van der Waals surface area contributed by atoms with Crippen LogP contribution in [0.15, 0.2) is 30.5 Å². The summed E-state index contributed by atoms with van der Waals surface area (Å²) in [5.74, 6) is 3.35. The van der Waals surface area contributed by atoms with Crippen molar-refractivity contribution in [2.75, 3.05) is 5.32 Å². The molecule has 1 heterocycles. The van der Waals surface area contributed by atoms with E-state index in [0.29, 0.717) is 28.9 Å². The molecule has 2 aromatic rings. The van der Waals surface area contributed by atoms with Gasteiger partial charge in [-0.2, -0.15) is 0 Å². The van der Waals surface area contributed by atoms with Crippen LogP contribution in [0, 0.1) is 23.7 Å². The van der Waals surface area contributed by atoms with Crippen molar-refractivity contribution in [3.63, 3.8) is 0 Å². The first-order valence-electron chi connectivity index (χ1n) is 9.89. The van der Waals surface area contributed by atoms with Crippen molar-refractivity contribution in [1.82, 2.24) is 10.3 Å². The normalized spacial score (nSPS) is 31.1. The Balaban J connectivity index is 1.19. The number of nitrogens with one attached hydrogen (secondary N) is 2. The molecule has 6 heteroatoms. The van der Waals surface area contributed by atoms with Crippen LogP contribution in [0.4, 0.5) is 5.69 Å². The molecular formula is C21H24ClN3OS. The molecule has 4 nitrogen and oxygen atoms in total. The van der Waals surface area contributed by atoms with Crippen molar-refractivity contribution in [1.29, 1.82) is 0 Å². The Kier molecular flexibility index (Phi) is 4.60. The molecule has 2 N–H and O–H groups in total. The Morgan fingerprint density at radius 2 is 1.74 bits per heavy atom. The van der Waals surface area contributed by atoms with E-state index in [1.807, 2.05) is 24.3 Å². The summed E-state index contributed by atoms with van der Waals surface area (Å²) in [6, 6.07) is 8.14. The van der Waals surface area contributed by atoms with Crippen LogP contribution in [0.2, 0.25) is 4.47 Å². The van der Waals surface area contributed by atoms with E-state index in [1.54, 1.807) is 6.20 Å². The summed E-state index contributed by atoms with van der Waals surface area (Å²) in [6.45, 7) is 0.684. The van der Waals surface area contributed by atoms with E-state index in [-0.39, 0.29) is 5.91 Å². The third-order valence-electron chi connectivity index (χ3n) is 6.66. The van der Waals surface area contributed by atoms with Gasteiger partial charge in [-0.15, -0.1) is 11.3 Å². The number of nitrogens with zero attached hydrogens (tertiary/aromatic N) is 1. The minimum absolute atomic E-state index is 0.0771. The fourth-order valence-electron chi connectivity index (χ4n) is 5.69. The number of hydrogen-bond donors (Lipinski definition) is 2. The molecule has 1 aromatic carbocycles. The van der Waals surface area contributed by atoms with Gasteiger partial charge in [-0.05, 0) is 80.0 Å². The summed E-state index contributed by atoms with van der Waals surface area (Å²) in [5, 5.41) is 6.72. The summed E-state index contributed by atoms with van der Waals surface area (Å²) < 4.78 is 0.559. The average Bonchev–Trinajstić information content (AvgIpc) is 3.08.